The van der Waals surface area contributed by atoms with Crippen LogP contribution in [-0.2, 0) is 9.53 Å². The van der Waals surface area contributed by atoms with Crippen molar-refractivity contribution in [2.24, 2.45) is 5.92 Å². The molecule has 0 aliphatic carbocycles. The van der Waals surface area contributed by atoms with Gasteiger partial charge in [0.25, 0.3) is 0 Å². The number of morpholine rings is 1. The summed E-state index contributed by atoms with van der Waals surface area (Å²) in [4.78, 5) is 14.2. The van der Waals surface area contributed by atoms with E-state index >= 15 is 0 Å². The molecule has 1 aliphatic rings. The molecule has 0 spiro atoms. The van der Waals surface area contributed by atoms with Gasteiger partial charge in [0.2, 0.25) is 5.91 Å². The molecule has 0 atom stereocenters. The van der Waals surface area contributed by atoms with Crippen molar-refractivity contribution in [3.05, 3.63) is 11.6 Å². The molecule has 1 amide bonds. The largest absolute Gasteiger partial charge is 0.379 e. The topological polar surface area (TPSA) is 41.6 Å². The molecule has 17 heavy (non-hydrogen) atoms. The van der Waals surface area contributed by atoms with E-state index in [1.807, 2.05) is 13.0 Å². The van der Waals surface area contributed by atoms with Crippen molar-refractivity contribution in [2.75, 3.05) is 39.4 Å². The maximum Gasteiger partial charge on any atom is 0.248 e. The minimum atomic E-state index is 0.0627. The molecule has 0 saturated carbocycles. The first-order valence-corrected chi connectivity index (χ1v) is 6.37. The minimum Gasteiger partial charge on any atom is -0.379 e. The molecule has 0 aromatic rings. The van der Waals surface area contributed by atoms with Crippen LogP contribution in [0.3, 0.4) is 0 Å². The van der Waals surface area contributed by atoms with Crippen molar-refractivity contribution in [1.29, 1.82) is 0 Å². The second kappa shape index (κ2) is 7.45. The third-order valence-electron chi connectivity index (χ3n) is 2.81. The summed E-state index contributed by atoms with van der Waals surface area (Å²) in [5.41, 5.74) is 0.854. The van der Waals surface area contributed by atoms with E-state index in [0.717, 1.165) is 45.0 Å². The number of nitrogens with zero attached hydrogens (tertiary/aromatic N) is 1. The molecule has 1 heterocycles. The van der Waals surface area contributed by atoms with Crippen LogP contribution in [0.1, 0.15) is 20.8 Å². The highest BCUT2D eigenvalue weighted by atomic mass is 16.5. The standard InChI is InChI=1S/C13H24N2O2/c1-4-12(13(16)14-9-11(2)3)10-15-5-7-17-8-6-15/h4,11H,5-10H2,1-3H3,(H,14,16)/b12-4+. The summed E-state index contributed by atoms with van der Waals surface area (Å²) in [5.74, 6) is 0.549. The molecule has 4 heteroatoms. The van der Waals surface area contributed by atoms with E-state index in [1.54, 1.807) is 0 Å². The monoisotopic (exact) mass is 240 g/mol. The van der Waals surface area contributed by atoms with Crippen molar-refractivity contribution in [2.45, 2.75) is 20.8 Å². The summed E-state index contributed by atoms with van der Waals surface area (Å²) in [6, 6.07) is 0. The average molecular weight is 240 g/mol. The summed E-state index contributed by atoms with van der Waals surface area (Å²) >= 11 is 0. The fraction of sp³-hybridized carbons (Fsp3) is 0.769. The van der Waals surface area contributed by atoms with Gasteiger partial charge in [0.05, 0.1) is 13.2 Å². The molecule has 1 rings (SSSR count). The van der Waals surface area contributed by atoms with E-state index in [2.05, 4.69) is 24.1 Å². The van der Waals surface area contributed by atoms with Crippen LogP contribution in [0.25, 0.3) is 0 Å². The maximum atomic E-state index is 11.9. The van der Waals surface area contributed by atoms with Crippen LogP contribution in [0.15, 0.2) is 11.6 Å². The molecular formula is C13H24N2O2. The highest BCUT2D eigenvalue weighted by molar-refractivity contribution is 5.93. The average Bonchev–Trinajstić information content (AvgIpc) is 2.34. The predicted octanol–water partition coefficient (Wildman–Crippen LogP) is 1.04. The lowest BCUT2D eigenvalue weighted by Crippen LogP contribution is -2.40. The van der Waals surface area contributed by atoms with Gasteiger partial charge in [-0.15, -0.1) is 0 Å². The van der Waals surface area contributed by atoms with Crippen molar-refractivity contribution in [3.8, 4) is 0 Å². The zero-order valence-electron chi connectivity index (χ0n) is 11.2. The van der Waals surface area contributed by atoms with Crippen molar-refractivity contribution in [3.63, 3.8) is 0 Å². The van der Waals surface area contributed by atoms with Gasteiger partial charge in [-0.25, -0.2) is 0 Å². The van der Waals surface area contributed by atoms with Gasteiger partial charge in [-0.1, -0.05) is 19.9 Å². The van der Waals surface area contributed by atoms with Crippen LogP contribution >= 0.6 is 0 Å². The number of carbonyl (C=O) groups excluding carboxylic acids is 1. The van der Waals surface area contributed by atoms with Gasteiger partial charge < -0.3 is 10.1 Å². The fourth-order valence-corrected chi connectivity index (χ4v) is 1.70. The van der Waals surface area contributed by atoms with E-state index < -0.39 is 0 Å². The van der Waals surface area contributed by atoms with Crippen LogP contribution in [-0.4, -0.2) is 50.2 Å². The first-order valence-electron chi connectivity index (χ1n) is 6.37. The van der Waals surface area contributed by atoms with E-state index in [4.69, 9.17) is 4.74 Å². The molecular weight excluding hydrogens is 216 g/mol. The number of rotatable bonds is 5. The van der Waals surface area contributed by atoms with Gasteiger partial charge in [-0.2, -0.15) is 0 Å². The molecule has 0 aromatic heterocycles. The molecule has 1 fully saturated rings. The Bertz CT molecular complexity index is 269. The van der Waals surface area contributed by atoms with Gasteiger partial charge in [0.1, 0.15) is 0 Å². The number of hydrogen-bond donors (Lipinski definition) is 1. The molecule has 1 saturated heterocycles. The molecule has 98 valence electrons. The van der Waals surface area contributed by atoms with Crippen LogP contribution < -0.4 is 5.32 Å². The predicted molar refractivity (Wildman–Crippen MR) is 68.9 cm³/mol. The van der Waals surface area contributed by atoms with Gasteiger partial charge >= 0.3 is 0 Å². The Balaban J connectivity index is 2.39. The van der Waals surface area contributed by atoms with Crippen molar-refractivity contribution >= 4 is 5.91 Å². The summed E-state index contributed by atoms with van der Waals surface area (Å²) in [6.45, 7) is 10.9. The number of ether oxygens (including phenoxy) is 1. The third-order valence-corrected chi connectivity index (χ3v) is 2.81. The zero-order valence-corrected chi connectivity index (χ0v) is 11.2. The highest BCUT2D eigenvalue weighted by Gasteiger charge is 2.15. The second-order valence-electron chi connectivity index (χ2n) is 4.81. The summed E-state index contributed by atoms with van der Waals surface area (Å²) in [6.07, 6.45) is 1.91. The Hall–Kier alpha value is -0.870. The lowest BCUT2D eigenvalue weighted by Gasteiger charge is -2.27. The number of nitrogens with one attached hydrogen (secondary N) is 1. The molecule has 0 bridgehead atoms. The summed E-state index contributed by atoms with van der Waals surface area (Å²) < 4.78 is 5.29. The Morgan fingerprint density at radius 3 is 2.59 bits per heavy atom. The first kappa shape index (κ1) is 14.2. The lowest BCUT2D eigenvalue weighted by molar-refractivity contribution is -0.118. The number of amides is 1. The number of allylic oxidation sites excluding steroid dienone is 1. The number of carbonyl (C=O) groups is 1. The summed E-state index contributed by atoms with van der Waals surface area (Å²) in [7, 11) is 0. The maximum absolute atomic E-state index is 11.9. The Morgan fingerprint density at radius 2 is 2.06 bits per heavy atom. The van der Waals surface area contributed by atoms with Gasteiger partial charge in [-0.3, -0.25) is 9.69 Å². The fourth-order valence-electron chi connectivity index (χ4n) is 1.70. The van der Waals surface area contributed by atoms with Crippen LogP contribution in [0.2, 0.25) is 0 Å². The molecule has 0 unspecified atom stereocenters. The van der Waals surface area contributed by atoms with Gasteiger partial charge in [0, 0.05) is 31.8 Å². The Kier molecular flexibility index (Phi) is 6.22. The Labute approximate surface area is 104 Å². The quantitative estimate of drug-likeness (QED) is 0.730. The van der Waals surface area contributed by atoms with E-state index in [0.29, 0.717) is 5.92 Å². The Morgan fingerprint density at radius 1 is 1.41 bits per heavy atom. The molecule has 4 nitrogen and oxygen atoms in total. The van der Waals surface area contributed by atoms with Crippen LogP contribution in [0, 0.1) is 5.92 Å². The third kappa shape index (κ3) is 5.33. The zero-order chi connectivity index (χ0) is 12.7. The van der Waals surface area contributed by atoms with E-state index in [1.165, 1.54) is 0 Å². The van der Waals surface area contributed by atoms with Gasteiger partial charge in [0.15, 0.2) is 0 Å². The van der Waals surface area contributed by atoms with Crippen molar-refractivity contribution < 1.29 is 9.53 Å². The van der Waals surface area contributed by atoms with E-state index in [-0.39, 0.29) is 5.91 Å². The van der Waals surface area contributed by atoms with Crippen LogP contribution in [0.4, 0.5) is 0 Å². The molecule has 0 aromatic carbocycles. The highest BCUT2D eigenvalue weighted by Crippen LogP contribution is 2.03. The van der Waals surface area contributed by atoms with Gasteiger partial charge in [-0.05, 0) is 12.8 Å². The molecule has 1 N–H and O–H groups in total. The van der Waals surface area contributed by atoms with Crippen molar-refractivity contribution in [1.82, 2.24) is 10.2 Å². The SMILES string of the molecule is C/C=C(\CN1CCOCC1)C(=O)NCC(C)C. The normalized spacial score (nSPS) is 18.5. The summed E-state index contributed by atoms with van der Waals surface area (Å²) in [5, 5.41) is 2.96. The first-order chi connectivity index (χ1) is 8.13. The smallest absolute Gasteiger partial charge is 0.248 e. The number of hydrogen-bond acceptors (Lipinski definition) is 3. The lowest BCUT2D eigenvalue weighted by atomic mass is 10.2. The van der Waals surface area contributed by atoms with Crippen LogP contribution in [0.5, 0.6) is 0 Å². The molecule has 1 aliphatic heterocycles. The molecule has 0 radical (unpaired) electrons. The minimum absolute atomic E-state index is 0.0627. The second-order valence-corrected chi connectivity index (χ2v) is 4.81. The van der Waals surface area contributed by atoms with E-state index in [9.17, 15) is 4.79 Å².